The minimum atomic E-state index is -0.369. The van der Waals surface area contributed by atoms with Crippen LogP contribution in [0.4, 0.5) is 0 Å². The Bertz CT molecular complexity index is 331. The molecule has 1 rings (SSSR count). The van der Waals surface area contributed by atoms with Crippen LogP contribution in [-0.4, -0.2) is 23.3 Å². The summed E-state index contributed by atoms with van der Waals surface area (Å²) in [6.07, 6.45) is 4.94. The maximum absolute atomic E-state index is 8.97. The lowest BCUT2D eigenvalue weighted by molar-refractivity contribution is 0.439. The van der Waals surface area contributed by atoms with Crippen molar-refractivity contribution in [2.45, 2.75) is 36.1 Å². The van der Waals surface area contributed by atoms with Gasteiger partial charge in [0.1, 0.15) is 9.88 Å². The minimum absolute atomic E-state index is 0.369. The smallest absolute Gasteiger partial charge is 0.149 e. The van der Waals surface area contributed by atoms with E-state index in [2.05, 4.69) is 16.4 Å². The van der Waals surface area contributed by atoms with Gasteiger partial charge >= 0.3 is 0 Å². The number of rotatable bonds is 7. The lowest BCUT2D eigenvalue weighted by atomic mass is 9.97. The zero-order chi connectivity index (χ0) is 11.9. The average Bonchev–Trinajstić information content (AvgIpc) is 2.81. The summed E-state index contributed by atoms with van der Waals surface area (Å²) < 4.78 is 1.14. The van der Waals surface area contributed by atoms with Gasteiger partial charge in [0.05, 0.1) is 6.07 Å². The van der Waals surface area contributed by atoms with Crippen molar-refractivity contribution in [3.8, 4) is 6.07 Å². The summed E-state index contributed by atoms with van der Waals surface area (Å²) in [5.41, 5.74) is -0.369. The van der Waals surface area contributed by atoms with Gasteiger partial charge in [0.2, 0.25) is 0 Å². The SMILES string of the molecule is CNC(C)(C#N)CCCCSc1nccs1. The third kappa shape index (κ3) is 4.52. The van der Waals surface area contributed by atoms with E-state index in [1.807, 2.05) is 25.5 Å². The summed E-state index contributed by atoms with van der Waals surface area (Å²) >= 11 is 3.48. The van der Waals surface area contributed by atoms with Crippen LogP contribution in [0.5, 0.6) is 0 Å². The van der Waals surface area contributed by atoms with Crippen LogP contribution < -0.4 is 5.32 Å². The van der Waals surface area contributed by atoms with Crippen LogP contribution in [0.2, 0.25) is 0 Å². The van der Waals surface area contributed by atoms with E-state index in [1.54, 1.807) is 23.1 Å². The van der Waals surface area contributed by atoms with Crippen molar-refractivity contribution >= 4 is 23.1 Å². The quantitative estimate of drug-likeness (QED) is 0.601. The third-order valence-electron chi connectivity index (χ3n) is 2.50. The molecule has 0 aliphatic rings. The second-order valence-electron chi connectivity index (χ2n) is 3.80. The zero-order valence-electron chi connectivity index (χ0n) is 9.69. The van der Waals surface area contributed by atoms with Gasteiger partial charge in [-0.25, -0.2) is 4.98 Å². The fourth-order valence-electron chi connectivity index (χ4n) is 1.26. The largest absolute Gasteiger partial charge is 0.303 e. The van der Waals surface area contributed by atoms with Crippen LogP contribution >= 0.6 is 23.1 Å². The molecule has 3 nitrogen and oxygen atoms in total. The second kappa shape index (κ2) is 6.89. The van der Waals surface area contributed by atoms with Gasteiger partial charge in [-0.3, -0.25) is 0 Å². The Morgan fingerprint density at radius 1 is 1.62 bits per heavy atom. The van der Waals surface area contributed by atoms with Crippen molar-refractivity contribution < 1.29 is 0 Å². The van der Waals surface area contributed by atoms with Crippen molar-refractivity contribution in [3.63, 3.8) is 0 Å². The first kappa shape index (κ1) is 13.5. The third-order valence-corrected chi connectivity index (χ3v) is 4.56. The normalized spacial score (nSPS) is 14.3. The molecule has 0 saturated heterocycles. The van der Waals surface area contributed by atoms with Crippen molar-refractivity contribution in [1.29, 1.82) is 5.26 Å². The Morgan fingerprint density at radius 2 is 2.44 bits per heavy atom. The van der Waals surface area contributed by atoms with Gasteiger partial charge in [0, 0.05) is 17.3 Å². The van der Waals surface area contributed by atoms with E-state index in [0.717, 1.165) is 29.4 Å². The van der Waals surface area contributed by atoms with E-state index in [1.165, 1.54) is 0 Å². The zero-order valence-corrected chi connectivity index (χ0v) is 11.3. The van der Waals surface area contributed by atoms with E-state index in [9.17, 15) is 0 Å². The molecule has 0 aliphatic carbocycles. The number of nitrogens with zero attached hydrogens (tertiary/aromatic N) is 2. The molecule has 1 aromatic heterocycles. The van der Waals surface area contributed by atoms with Crippen molar-refractivity contribution in [3.05, 3.63) is 11.6 Å². The topological polar surface area (TPSA) is 48.7 Å². The number of hydrogen-bond acceptors (Lipinski definition) is 5. The van der Waals surface area contributed by atoms with E-state index in [-0.39, 0.29) is 5.54 Å². The van der Waals surface area contributed by atoms with Gasteiger partial charge in [-0.05, 0) is 33.2 Å². The molecule has 0 amide bonds. The molecule has 88 valence electrons. The summed E-state index contributed by atoms with van der Waals surface area (Å²) in [6.45, 7) is 1.95. The minimum Gasteiger partial charge on any atom is -0.303 e. The Balaban J connectivity index is 2.11. The predicted molar refractivity (Wildman–Crippen MR) is 69.8 cm³/mol. The fraction of sp³-hybridized carbons (Fsp3) is 0.636. The molecule has 1 N–H and O–H groups in total. The number of thioether (sulfide) groups is 1. The Hall–Kier alpha value is -0.570. The van der Waals surface area contributed by atoms with Gasteiger partial charge in [-0.1, -0.05) is 11.8 Å². The predicted octanol–water partition coefficient (Wildman–Crippen LogP) is 2.91. The first-order valence-electron chi connectivity index (χ1n) is 5.32. The van der Waals surface area contributed by atoms with Crippen LogP contribution in [0.3, 0.4) is 0 Å². The number of thiazole rings is 1. The first-order chi connectivity index (χ1) is 7.70. The highest BCUT2D eigenvalue weighted by Gasteiger charge is 2.19. The Labute approximate surface area is 105 Å². The molecule has 1 aromatic rings. The number of nitrogens with one attached hydrogen (secondary N) is 1. The molecular weight excluding hydrogens is 238 g/mol. The van der Waals surface area contributed by atoms with E-state index >= 15 is 0 Å². The van der Waals surface area contributed by atoms with Gasteiger partial charge in [-0.2, -0.15) is 5.26 Å². The highest BCUT2D eigenvalue weighted by Crippen LogP contribution is 2.22. The summed E-state index contributed by atoms with van der Waals surface area (Å²) in [6, 6.07) is 2.30. The van der Waals surface area contributed by atoms with Gasteiger partial charge < -0.3 is 5.32 Å². The lowest BCUT2D eigenvalue weighted by Crippen LogP contribution is -2.37. The highest BCUT2D eigenvalue weighted by atomic mass is 32.2. The molecular formula is C11H17N3S2. The molecule has 0 bridgehead atoms. The number of nitriles is 1. The van der Waals surface area contributed by atoms with E-state index < -0.39 is 0 Å². The van der Waals surface area contributed by atoms with Crippen LogP contribution in [0, 0.1) is 11.3 Å². The highest BCUT2D eigenvalue weighted by molar-refractivity contribution is 8.00. The second-order valence-corrected chi connectivity index (χ2v) is 6.03. The molecule has 1 unspecified atom stereocenters. The molecule has 5 heteroatoms. The van der Waals surface area contributed by atoms with Gasteiger partial charge in [0.15, 0.2) is 0 Å². The molecule has 0 saturated carbocycles. The summed E-state index contributed by atoms with van der Waals surface area (Å²) in [4.78, 5) is 4.21. The number of aromatic nitrogens is 1. The van der Waals surface area contributed by atoms with E-state index in [0.29, 0.717) is 0 Å². The lowest BCUT2D eigenvalue weighted by Gasteiger charge is -2.20. The Morgan fingerprint density at radius 3 is 3.00 bits per heavy atom. The summed E-state index contributed by atoms with van der Waals surface area (Å²) in [7, 11) is 1.84. The average molecular weight is 255 g/mol. The molecule has 0 spiro atoms. The molecule has 1 atom stereocenters. The van der Waals surface area contributed by atoms with Gasteiger partial charge in [-0.15, -0.1) is 11.3 Å². The van der Waals surface area contributed by atoms with Crippen molar-refractivity contribution in [1.82, 2.24) is 10.3 Å². The van der Waals surface area contributed by atoms with Crippen LogP contribution in [0.1, 0.15) is 26.2 Å². The Kier molecular flexibility index (Phi) is 5.81. The fourth-order valence-corrected chi connectivity index (χ4v) is 2.97. The monoisotopic (exact) mass is 255 g/mol. The maximum atomic E-state index is 8.97. The molecule has 0 aliphatic heterocycles. The van der Waals surface area contributed by atoms with Crippen LogP contribution in [-0.2, 0) is 0 Å². The van der Waals surface area contributed by atoms with Crippen LogP contribution in [0.15, 0.2) is 15.9 Å². The molecule has 0 radical (unpaired) electrons. The first-order valence-corrected chi connectivity index (χ1v) is 7.19. The molecule has 16 heavy (non-hydrogen) atoms. The maximum Gasteiger partial charge on any atom is 0.149 e. The molecule has 1 heterocycles. The standard InChI is InChI=1S/C11H17N3S2/c1-11(9-12,13-2)5-3-4-7-15-10-14-6-8-16-10/h6,8,13H,3-5,7H2,1-2H3. The summed E-state index contributed by atoms with van der Waals surface area (Å²) in [5.74, 6) is 1.08. The van der Waals surface area contributed by atoms with Crippen molar-refractivity contribution in [2.24, 2.45) is 0 Å². The van der Waals surface area contributed by atoms with Crippen LogP contribution in [0.25, 0.3) is 0 Å². The van der Waals surface area contributed by atoms with Gasteiger partial charge in [0.25, 0.3) is 0 Å². The number of hydrogen-bond donors (Lipinski definition) is 1. The van der Waals surface area contributed by atoms with E-state index in [4.69, 9.17) is 5.26 Å². The molecule has 0 aromatic carbocycles. The summed E-state index contributed by atoms with van der Waals surface area (Å²) in [5, 5.41) is 14.0. The molecule has 0 fully saturated rings. The number of unbranched alkanes of at least 4 members (excludes halogenated alkanes) is 1. The van der Waals surface area contributed by atoms with Crippen molar-refractivity contribution in [2.75, 3.05) is 12.8 Å².